The Morgan fingerprint density at radius 3 is 2.58 bits per heavy atom. The monoisotopic (exact) mass is 389 g/mol. The highest BCUT2D eigenvalue weighted by Crippen LogP contribution is 2.34. The predicted octanol–water partition coefficient (Wildman–Crippen LogP) is 2.41. The second kappa shape index (κ2) is 6.97. The van der Waals surface area contributed by atoms with Crippen LogP contribution >= 0.6 is 31.9 Å². The maximum atomic E-state index is 5.54. The molecule has 0 aliphatic carbocycles. The maximum absolute atomic E-state index is 5.54. The number of aromatic nitrogens is 4. The molecule has 0 saturated carbocycles. The molecule has 0 radical (unpaired) electrons. The lowest BCUT2D eigenvalue weighted by Gasteiger charge is -2.11. The van der Waals surface area contributed by atoms with Crippen molar-refractivity contribution in [2.75, 3.05) is 6.61 Å². The first kappa shape index (κ1) is 14.4. The molecule has 0 atom stereocenters. The minimum absolute atomic E-state index is 0.568. The number of hydrogen-bond donors (Lipinski definition) is 2. The SMILES string of the molecule is CCOc1c(Br)cc(CNCc2nn[nH]n2)cc1Br. The Bertz CT molecular complexity index is 509. The summed E-state index contributed by atoms with van der Waals surface area (Å²) in [6.45, 7) is 3.86. The third-order valence-electron chi connectivity index (χ3n) is 2.35. The number of aromatic amines is 1. The lowest BCUT2D eigenvalue weighted by Crippen LogP contribution is -2.14. The first-order valence-electron chi connectivity index (χ1n) is 5.74. The van der Waals surface area contributed by atoms with Crippen molar-refractivity contribution in [3.05, 3.63) is 32.5 Å². The van der Waals surface area contributed by atoms with Gasteiger partial charge in [-0.2, -0.15) is 5.21 Å². The number of nitrogens with zero attached hydrogens (tertiary/aromatic N) is 3. The van der Waals surface area contributed by atoms with Crippen LogP contribution in [-0.4, -0.2) is 27.2 Å². The molecule has 102 valence electrons. The Morgan fingerprint density at radius 1 is 1.26 bits per heavy atom. The maximum Gasteiger partial charge on any atom is 0.188 e. The Labute approximate surface area is 127 Å². The van der Waals surface area contributed by atoms with E-state index >= 15 is 0 Å². The molecule has 1 aromatic heterocycles. The fourth-order valence-corrected chi connectivity index (χ4v) is 3.08. The molecular weight excluding hydrogens is 378 g/mol. The van der Waals surface area contributed by atoms with Gasteiger partial charge in [0.05, 0.1) is 22.1 Å². The molecule has 8 heteroatoms. The average molecular weight is 391 g/mol. The number of nitrogens with one attached hydrogen (secondary N) is 2. The predicted molar refractivity (Wildman–Crippen MR) is 77.7 cm³/mol. The van der Waals surface area contributed by atoms with E-state index in [2.05, 4.69) is 57.8 Å². The minimum Gasteiger partial charge on any atom is -0.492 e. The van der Waals surface area contributed by atoms with E-state index in [0.717, 1.165) is 20.3 Å². The van der Waals surface area contributed by atoms with Crippen LogP contribution in [-0.2, 0) is 13.1 Å². The van der Waals surface area contributed by atoms with Gasteiger partial charge < -0.3 is 10.1 Å². The van der Waals surface area contributed by atoms with Crippen molar-refractivity contribution >= 4 is 31.9 Å². The van der Waals surface area contributed by atoms with E-state index in [9.17, 15) is 0 Å². The molecule has 1 aromatic carbocycles. The summed E-state index contributed by atoms with van der Waals surface area (Å²) < 4.78 is 7.40. The molecule has 2 N–H and O–H groups in total. The molecular formula is C11H13Br2N5O. The molecule has 0 aliphatic heterocycles. The molecule has 1 heterocycles. The molecule has 2 rings (SSSR count). The van der Waals surface area contributed by atoms with Gasteiger partial charge in [-0.3, -0.25) is 0 Å². The molecule has 19 heavy (non-hydrogen) atoms. The van der Waals surface area contributed by atoms with Crippen molar-refractivity contribution in [2.45, 2.75) is 20.0 Å². The molecule has 0 fully saturated rings. The summed E-state index contributed by atoms with van der Waals surface area (Å²) in [5.41, 5.74) is 1.13. The largest absolute Gasteiger partial charge is 0.492 e. The van der Waals surface area contributed by atoms with Crippen LogP contribution in [0.3, 0.4) is 0 Å². The molecule has 6 nitrogen and oxygen atoms in total. The van der Waals surface area contributed by atoms with Gasteiger partial charge in [-0.05, 0) is 56.5 Å². The summed E-state index contributed by atoms with van der Waals surface area (Å²) in [7, 11) is 0. The Kier molecular flexibility index (Phi) is 5.29. The topological polar surface area (TPSA) is 75.7 Å². The third kappa shape index (κ3) is 3.99. The first-order chi connectivity index (χ1) is 9.20. The van der Waals surface area contributed by atoms with Gasteiger partial charge in [-0.15, -0.1) is 10.2 Å². The Balaban J connectivity index is 1.97. The van der Waals surface area contributed by atoms with E-state index in [1.54, 1.807) is 0 Å². The van der Waals surface area contributed by atoms with Gasteiger partial charge in [0.1, 0.15) is 5.75 Å². The molecule has 0 amide bonds. The van der Waals surface area contributed by atoms with Crippen molar-refractivity contribution in [3.63, 3.8) is 0 Å². The number of tetrazole rings is 1. The van der Waals surface area contributed by atoms with Gasteiger partial charge in [0, 0.05) is 6.54 Å². The number of halogens is 2. The van der Waals surface area contributed by atoms with Gasteiger partial charge >= 0.3 is 0 Å². The van der Waals surface area contributed by atoms with Crippen LogP contribution < -0.4 is 10.1 Å². The lowest BCUT2D eigenvalue weighted by molar-refractivity contribution is 0.336. The van der Waals surface area contributed by atoms with E-state index in [-0.39, 0.29) is 0 Å². The van der Waals surface area contributed by atoms with Crippen LogP contribution in [0.4, 0.5) is 0 Å². The van der Waals surface area contributed by atoms with Crippen molar-refractivity contribution in [3.8, 4) is 5.75 Å². The fraction of sp³-hybridized carbons (Fsp3) is 0.364. The molecule has 0 bridgehead atoms. The van der Waals surface area contributed by atoms with E-state index < -0.39 is 0 Å². The van der Waals surface area contributed by atoms with Crippen LogP contribution in [0, 0.1) is 0 Å². The summed E-state index contributed by atoms with van der Waals surface area (Å²) in [6, 6.07) is 4.05. The normalized spacial score (nSPS) is 10.7. The highest BCUT2D eigenvalue weighted by molar-refractivity contribution is 9.11. The number of ether oxygens (including phenoxy) is 1. The van der Waals surface area contributed by atoms with Crippen molar-refractivity contribution in [1.29, 1.82) is 0 Å². The van der Waals surface area contributed by atoms with Gasteiger partial charge in [-0.25, -0.2) is 0 Å². The summed E-state index contributed by atoms with van der Waals surface area (Å²) >= 11 is 7.01. The smallest absolute Gasteiger partial charge is 0.188 e. The summed E-state index contributed by atoms with van der Waals surface area (Å²) in [5.74, 6) is 1.47. The summed E-state index contributed by atoms with van der Waals surface area (Å²) in [5, 5.41) is 16.9. The average Bonchev–Trinajstić information content (AvgIpc) is 2.87. The standard InChI is InChI=1S/C11H13Br2N5O/c1-2-19-11-8(12)3-7(4-9(11)13)5-14-6-10-15-17-18-16-10/h3-4,14H,2,5-6H2,1H3,(H,15,16,17,18). The van der Waals surface area contributed by atoms with Crippen molar-refractivity contribution in [1.82, 2.24) is 25.9 Å². The Hall–Kier alpha value is -0.990. The van der Waals surface area contributed by atoms with Crippen LogP contribution in [0.15, 0.2) is 21.1 Å². The zero-order valence-corrected chi connectivity index (χ0v) is 13.5. The third-order valence-corrected chi connectivity index (χ3v) is 3.53. The second-order valence-corrected chi connectivity index (χ2v) is 5.46. The van der Waals surface area contributed by atoms with Crippen LogP contribution in [0.2, 0.25) is 0 Å². The first-order valence-corrected chi connectivity index (χ1v) is 7.33. The van der Waals surface area contributed by atoms with E-state index in [0.29, 0.717) is 25.5 Å². The quantitative estimate of drug-likeness (QED) is 0.792. The van der Waals surface area contributed by atoms with E-state index in [1.807, 2.05) is 19.1 Å². The lowest BCUT2D eigenvalue weighted by atomic mass is 10.2. The number of benzene rings is 1. The number of H-pyrrole nitrogens is 1. The molecule has 2 aromatic rings. The zero-order chi connectivity index (χ0) is 13.7. The van der Waals surface area contributed by atoms with Gasteiger partial charge in [-0.1, -0.05) is 5.21 Å². The fourth-order valence-electron chi connectivity index (χ4n) is 1.57. The molecule has 0 unspecified atom stereocenters. The second-order valence-electron chi connectivity index (χ2n) is 3.75. The number of hydrogen-bond acceptors (Lipinski definition) is 5. The van der Waals surface area contributed by atoms with Crippen LogP contribution in [0.5, 0.6) is 5.75 Å². The Morgan fingerprint density at radius 2 is 2.00 bits per heavy atom. The van der Waals surface area contributed by atoms with Gasteiger partial charge in [0.25, 0.3) is 0 Å². The van der Waals surface area contributed by atoms with E-state index in [1.165, 1.54) is 0 Å². The van der Waals surface area contributed by atoms with Crippen LogP contribution in [0.25, 0.3) is 0 Å². The molecule has 0 aliphatic rings. The summed E-state index contributed by atoms with van der Waals surface area (Å²) in [4.78, 5) is 0. The van der Waals surface area contributed by atoms with Gasteiger partial charge in [0.2, 0.25) is 0 Å². The zero-order valence-electron chi connectivity index (χ0n) is 10.3. The molecule has 0 spiro atoms. The summed E-state index contributed by atoms with van der Waals surface area (Å²) in [6.07, 6.45) is 0. The highest BCUT2D eigenvalue weighted by atomic mass is 79.9. The van der Waals surface area contributed by atoms with Gasteiger partial charge in [0.15, 0.2) is 5.82 Å². The van der Waals surface area contributed by atoms with Crippen molar-refractivity contribution in [2.24, 2.45) is 0 Å². The van der Waals surface area contributed by atoms with Crippen LogP contribution in [0.1, 0.15) is 18.3 Å². The number of rotatable bonds is 6. The molecule has 0 saturated heterocycles. The highest BCUT2D eigenvalue weighted by Gasteiger charge is 2.08. The minimum atomic E-state index is 0.568. The van der Waals surface area contributed by atoms with E-state index in [4.69, 9.17) is 4.74 Å². The van der Waals surface area contributed by atoms with Crippen molar-refractivity contribution < 1.29 is 4.74 Å².